The fourth-order valence-electron chi connectivity index (χ4n) is 3.32. The lowest BCUT2D eigenvalue weighted by Gasteiger charge is -2.31. The quantitative estimate of drug-likeness (QED) is 0.814. The molecule has 1 fully saturated rings. The lowest BCUT2D eigenvalue weighted by molar-refractivity contribution is -0.143. The van der Waals surface area contributed by atoms with Gasteiger partial charge in [-0.25, -0.2) is 0 Å². The van der Waals surface area contributed by atoms with E-state index < -0.39 is 11.8 Å². The second-order valence-electron chi connectivity index (χ2n) is 7.61. The number of piperidine rings is 1. The summed E-state index contributed by atoms with van der Waals surface area (Å²) in [5.41, 5.74) is 1.20. The fraction of sp³-hybridized carbons (Fsp3) is 0.579. The zero-order valence-corrected chi connectivity index (χ0v) is 16.3. The van der Waals surface area contributed by atoms with Gasteiger partial charge in [-0.05, 0) is 36.7 Å². The van der Waals surface area contributed by atoms with Crippen LogP contribution in [-0.2, 0) is 23.2 Å². The molecule has 2 aromatic heterocycles. The van der Waals surface area contributed by atoms with Crippen molar-refractivity contribution < 1.29 is 9.59 Å². The zero-order valence-electron chi connectivity index (χ0n) is 16.3. The lowest BCUT2D eigenvalue weighted by Crippen LogP contribution is -2.43. The Morgan fingerprint density at radius 1 is 1.30 bits per heavy atom. The van der Waals surface area contributed by atoms with Crippen LogP contribution in [0.1, 0.15) is 44.6 Å². The first-order valence-electron chi connectivity index (χ1n) is 9.54. The standard InChI is InChI=1S/C19H28N6O2/c1-14(2)4-10-25-11-7-17(22-25)21-18(26)19(27)24-8-5-15(6-9-24)16-12-20-23(3)13-16/h7,11-15H,4-6,8-10H2,1-3H3,(H,21,22,26). The molecule has 146 valence electrons. The van der Waals surface area contributed by atoms with Crippen LogP contribution in [0.25, 0.3) is 0 Å². The Morgan fingerprint density at radius 3 is 2.67 bits per heavy atom. The molecule has 0 aliphatic carbocycles. The molecule has 0 aromatic carbocycles. The van der Waals surface area contributed by atoms with Crippen molar-refractivity contribution >= 4 is 17.6 Å². The molecule has 8 heteroatoms. The van der Waals surface area contributed by atoms with E-state index in [1.54, 1.807) is 20.3 Å². The number of carbonyl (C=O) groups excluding carboxylic acids is 2. The van der Waals surface area contributed by atoms with E-state index in [0.29, 0.717) is 30.7 Å². The van der Waals surface area contributed by atoms with Crippen LogP contribution in [0.2, 0.25) is 0 Å². The van der Waals surface area contributed by atoms with Crippen molar-refractivity contribution in [3.8, 4) is 0 Å². The summed E-state index contributed by atoms with van der Waals surface area (Å²) in [6.07, 6.45) is 8.42. The summed E-state index contributed by atoms with van der Waals surface area (Å²) in [6.45, 7) is 6.26. The lowest BCUT2D eigenvalue weighted by atomic mass is 9.91. The van der Waals surface area contributed by atoms with Gasteiger partial charge in [-0.3, -0.25) is 19.0 Å². The number of aromatic nitrogens is 4. The number of hydrogen-bond acceptors (Lipinski definition) is 4. The highest BCUT2D eigenvalue weighted by molar-refractivity contribution is 6.39. The minimum atomic E-state index is -0.621. The molecule has 0 unspecified atom stereocenters. The van der Waals surface area contributed by atoms with E-state index in [-0.39, 0.29) is 0 Å². The Labute approximate surface area is 159 Å². The van der Waals surface area contributed by atoms with Crippen molar-refractivity contribution in [2.75, 3.05) is 18.4 Å². The highest BCUT2D eigenvalue weighted by Crippen LogP contribution is 2.27. The van der Waals surface area contributed by atoms with E-state index in [4.69, 9.17) is 0 Å². The van der Waals surface area contributed by atoms with Crippen molar-refractivity contribution in [2.24, 2.45) is 13.0 Å². The van der Waals surface area contributed by atoms with Crippen LogP contribution in [0, 0.1) is 5.92 Å². The van der Waals surface area contributed by atoms with Gasteiger partial charge in [0.2, 0.25) is 0 Å². The van der Waals surface area contributed by atoms with Crippen molar-refractivity contribution in [3.05, 3.63) is 30.2 Å². The molecule has 1 N–H and O–H groups in total. The SMILES string of the molecule is CC(C)CCn1ccc(NC(=O)C(=O)N2CCC(c3cnn(C)c3)CC2)n1. The summed E-state index contributed by atoms with van der Waals surface area (Å²) < 4.78 is 3.58. The molecule has 0 bridgehead atoms. The predicted molar refractivity (Wildman–Crippen MR) is 102 cm³/mol. The highest BCUT2D eigenvalue weighted by atomic mass is 16.2. The summed E-state index contributed by atoms with van der Waals surface area (Å²) in [6, 6.07) is 1.72. The number of rotatable bonds is 5. The molecule has 1 saturated heterocycles. The minimum absolute atomic E-state index is 0.391. The van der Waals surface area contributed by atoms with Crippen LogP contribution in [0.15, 0.2) is 24.7 Å². The van der Waals surface area contributed by atoms with Crippen molar-refractivity contribution in [1.82, 2.24) is 24.5 Å². The first kappa shape index (κ1) is 19.1. The van der Waals surface area contributed by atoms with E-state index in [2.05, 4.69) is 29.4 Å². The van der Waals surface area contributed by atoms with E-state index >= 15 is 0 Å². The van der Waals surface area contributed by atoms with Gasteiger partial charge in [-0.1, -0.05) is 13.8 Å². The van der Waals surface area contributed by atoms with Crippen LogP contribution in [-0.4, -0.2) is 49.4 Å². The molecule has 0 radical (unpaired) electrons. The number of nitrogens with one attached hydrogen (secondary N) is 1. The topological polar surface area (TPSA) is 85.0 Å². The summed E-state index contributed by atoms with van der Waals surface area (Å²) in [7, 11) is 1.90. The summed E-state index contributed by atoms with van der Waals surface area (Å²) >= 11 is 0. The summed E-state index contributed by atoms with van der Waals surface area (Å²) in [4.78, 5) is 26.3. The van der Waals surface area contributed by atoms with Gasteiger partial charge in [0.05, 0.1) is 6.20 Å². The Morgan fingerprint density at radius 2 is 2.04 bits per heavy atom. The first-order chi connectivity index (χ1) is 12.9. The number of likely N-dealkylation sites (tertiary alicyclic amines) is 1. The van der Waals surface area contributed by atoms with Gasteiger partial charge < -0.3 is 10.2 Å². The van der Waals surface area contributed by atoms with E-state index in [9.17, 15) is 9.59 Å². The molecule has 1 aliphatic heterocycles. The zero-order chi connectivity index (χ0) is 19.4. The molecule has 0 atom stereocenters. The smallest absolute Gasteiger partial charge is 0.315 e. The molecular weight excluding hydrogens is 344 g/mol. The third-order valence-corrected chi connectivity index (χ3v) is 4.99. The third-order valence-electron chi connectivity index (χ3n) is 4.99. The average molecular weight is 372 g/mol. The molecule has 8 nitrogen and oxygen atoms in total. The van der Waals surface area contributed by atoms with Crippen LogP contribution in [0.5, 0.6) is 0 Å². The van der Waals surface area contributed by atoms with E-state index in [1.807, 2.05) is 25.6 Å². The normalized spacial score (nSPS) is 15.3. The van der Waals surface area contributed by atoms with Crippen LogP contribution in [0.3, 0.4) is 0 Å². The van der Waals surface area contributed by atoms with Gasteiger partial charge >= 0.3 is 11.8 Å². The largest absolute Gasteiger partial charge is 0.334 e. The second-order valence-corrected chi connectivity index (χ2v) is 7.61. The summed E-state index contributed by atoms with van der Waals surface area (Å²) in [5, 5.41) is 11.1. The maximum Gasteiger partial charge on any atom is 0.315 e. The molecule has 0 spiro atoms. The molecule has 2 amide bonds. The Bertz CT molecular complexity index is 786. The molecule has 1 aliphatic rings. The number of carbonyl (C=O) groups is 2. The monoisotopic (exact) mass is 372 g/mol. The number of anilines is 1. The van der Waals surface area contributed by atoms with Gasteiger partial charge in [0.15, 0.2) is 5.82 Å². The molecular formula is C19H28N6O2. The average Bonchev–Trinajstić information content (AvgIpc) is 3.28. The maximum absolute atomic E-state index is 12.4. The van der Waals surface area contributed by atoms with Gasteiger partial charge in [0, 0.05) is 45.1 Å². The summed E-state index contributed by atoms with van der Waals surface area (Å²) in [5.74, 6) is 0.286. The van der Waals surface area contributed by atoms with E-state index in [1.165, 1.54) is 5.56 Å². The number of amides is 2. The molecule has 3 rings (SSSR count). The van der Waals surface area contributed by atoms with Crippen molar-refractivity contribution in [2.45, 2.75) is 45.6 Å². The number of nitrogens with zero attached hydrogens (tertiary/aromatic N) is 5. The number of aryl methyl sites for hydroxylation is 2. The molecule has 2 aromatic rings. The van der Waals surface area contributed by atoms with Gasteiger partial charge in [0.1, 0.15) is 0 Å². The maximum atomic E-state index is 12.4. The molecule has 0 saturated carbocycles. The van der Waals surface area contributed by atoms with Crippen LogP contribution in [0.4, 0.5) is 5.82 Å². The van der Waals surface area contributed by atoms with Crippen molar-refractivity contribution in [3.63, 3.8) is 0 Å². The Kier molecular flexibility index (Phi) is 5.93. The highest BCUT2D eigenvalue weighted by Gasteiger charge is 2.28. The minimum Gasteiger partial charge on any atom is -0.334 e. The predicted octanol–water partition coefficient (Wildman–Crippen LogP) is 2.01. The Balaban J connectivity index is 1.49. The van der Waals surface area contributed by atoms with Gasteiger partial charge in [0.25, 0.3) is 0 Å². The van der Waals surface area contributed by atoms with Gasteiger partial charge in [-0.2, -0.15) is 10.2 Å². The number of hydrogen-bond donors (Lipinski definition) is 1. The molecule has 27 heavy (non-hydrogen) atoms. The second kappa shape index (κ2) is 8.37. The fourth-order valence-corrected chi connectivity index (χ4v) is 3.32. The van der Waals surface area contributed by atoms with Crippen molar-refractivity contribution in [1.29, 1.82) is 0 Å². The van der Waals surface area contributed by atoms with Crippen LogP contribution < -0.4 is 5.32 Å². The first-order valence-corrected chi connectivity index (χ1v) is 9.54. The third kappa shape index (κ3) is 4.96. The van der Waals surface area contributed by atoms with Gasteiger partial charge in [-0.15, -0.1) is 0 Å². The molecule has 3 heterocycles. The van der Waals surface area contributed by atoms with E-state index in [0.717, 1.165) is 25.8 Å². The van der Waals surface area contributed by atoms with Crippen LogP contribution >= 0.6 is 0 Å². The Hall–Kier alpha value is -2.64.